The Bertz CT molecular complexity index is 771. The van der Waals surface area contributed by atoms with Crippen molar-refractivity contribution in [2.75, 3.05) is 25.1 Å². The van der Waals surface area contributed by atoms with Crippen LogP contribution >= 0.6 is 0 Å². The van der Waals surface area contributed by atoms with E-state index in [2.05, 4.69) is 25.2 Å². The molecule has 3 rings (SSSR count). The summed E-state index contributed by atoms with van der Waals surface area (Å²) in [6.45, 7) is 5.61. The van der Waals surface area contributed by atoms with Crippen LogP contribution in [0.1, 0.15) is 44.6 Å². The summed E-state index contributed by atoms with van der Waals surface area (Å²) in [5.41, 5.74) is 1.82. The third-order valence-electron chi connectivity index (χ3n) is 5.00. The molecule has 0 bridgehead atoms. The molecule has 0 saturated carbocycles. The normalized spacial score (nSPS) is 17.1. The first-order valence-corrected chi connectivity index (χ1v) is 10.0. The van der Waals surface area contributed by atoms with E-state index in [0.717, 1.165) is 42.9 Å². The molecular formula is C23H29NO4. The molecule has 5 heteroatoms. The van der Waals surface area contributed by atoms with E-state index in [4.69, 9.17) is 14.2 Å². The molecular weight excluding hydrogens is 354 g/mol. The number of hydrogen-bond donors (Lipinski definition) is 1. The van der Waals surface area contributed by atoms with E-state index in [0.29, 0.717) is 18.2 Å². The van der Waals surface area contributed by atoms with Crippen molar-refractivity contribution in [3.8, 4) is 11.5 Å². The molecule has 2 unspecified atom stereocenters. The van der Waals surface area contributed by atoms with Gasteiger partial charge in [-0.1, -0.05) is 38.1 Å². The van der Waals surface area contributed by atoms with Gasteiger partial charge in [0.25, 0.3) is 5.91 Å². The lowest BCUT2D eigenvalue weighted by Crippen LogP contribution is -2.21. The molecule has 2 aromatic carbocycles. The molecule has 0 aliphatic carbocycles. The van der Waals surface area contributed by atoms with Gasteiger partial charge >= 0.3 is 0 Å². The highest BCUT2D eigenvalue weighted by Crippen LogP contribution is 2.28. The number of anilines is 1. The molecule has 1 saturated heterocycles. The Kier molecular flexibility index (Phi) is 7.31. The van der Waals surface area contributed by atoms with Gasteiger partial charge in [-0.3, -0.25) is 4.79 Å². The van der Waals surface area contributed by atoms with Crippen molar-refractivity contribution in [3.63, 3.8) is 0 Å². The molecule has 0 spiro atoms. The zero-order chi connectivity index (χ0) is 19.8. The summed E-state index contributed by atoms with van der Waals surface area (Å²) in [5, 5.41) is 2.87. The number of rotatable bonds is 9. The van der Waals surface area contributed by atoms with Gasteiger partial charge in [-0.15, -0.1) is 0 Å². The van der Waals surface area contributed by atoms with Crippen molar-refractivity contribution in [3.05, 3.63) is 54.1 Å². The largest absolute Gasteiger partial charge is 0.491 e. The first kappa shape index (κ1) is 20.2. The minimum atomic E-state index is -0.199. The van der Waals surface area contributed by atoms with Crippen LogP contribution in [0.25, 0.3) is 0 Å². The number of benzene rings is 2. The number of ether oxygens (including phenoxy) is 3. The average Bonchev–Trinajstić information content (AvgIpc) is 3.24. The van der Waals surface area contributed by atoms with Crippen molar-refractivity contribution in [2.24, 2.45) is 0 Å². The first-order chi connectivity index (χ1) is 13.7. The highest BCUT2D eigenvalue weighted by molar-refractivity contribution is 5.92. The highest BCUT2D eigenvalue weighted by atomic mass is 16.5. The maximum Gasteiger partial charge on any atom is 0.262 e. The minimum absolute atomic E-state index is 0.0333. The number of amides is 1. The number of nitrogens with one attached hydrogen (secondary N) is 1. The molecule has 0 radical (unpaired) electrons. The van der Waals surface area contributed by atoms with E-state index in [9.17, 15) is 4.79 Å². The predicted molar refractivity (Wildman–Crippen MR) is 110 cm³/mol. The monoisotopic (exact) mass is 383 g/mol. The molecule has 1 aliphatic rings. The third-order valence-corrected chi connectivity index (χ3v) is 5.00. The third kappa shape index (κ3) is 5.73. The maximum absolute atomic E-state index is 12.3. The van der Waals surface area contributed by atoms with Crippen LogP contribution in [0, 0.1) is 0 Å². The maximum atomic E-state index is 12.3. The highest BCUT2D eigenvalue weighted by Gasteiger charge is 2.16. The van der Waals surface area contributed by atoms with E-state index < -0.39 is 0 Å². The van der Waals surface area contributed by atoms with Gasteiger partial charge in [-0.05, 0) is 48.9 Å². The van der Waals surface area contributed by atoms with Gasteiger partial charge in [0.15, 0.2) is 6.61 Å². The van der Waals surface area contributed by atoms with Crippen molar-refractivity contribution >= 4 is 11.6 Å². The summed E-state index contributed by atoms with van der Waals surface area (Å²) >= 11 is 0. The smallest absolute Gasteiger partial charge is 0.262 e. The van der Waals surface area contributed by atoms with Crippen LogP contribution in [-0.2, 0) is 9.53 Å². The van der Waals surface area contributed by atoms with Crippen molar-refractivity contribution in [1.29, 1.82) is 0 Å². The Morgan fingerprint density at radius 1 is 1.21 bits per heavy atom. The number of hydrogen-bond acceptors (Lipinski definition) is 4. The lowest BCUT2D eigenvalue weighted by Gasteiger charge is -2.16. The second-order valence-corrected chi connectivity index (χ2v) is 7.16. The molecule has 150 valence electrons. The Balaban J connectivity index is 1.51. The quantitative estimate of drug-likeness (QED) is 0.677. The minimum Gasteiger partial charge on any atom is -0.491 e. The lowest BCUT2D eigenvalue weighted by atomic mass is 9.98. The molecule has 0 aromatic heterocycles. The second-order valence-electron chi connectivity index (χ2n) is 7.16. The van der Waals surface area contributed by atoms with Crippen LogP contribution in [0.15, 0.2) is 48.5 Å². The van der Waals surface area contributed by atoms with Gasteiger partial charge in [0, 0.05) is 18.4 Å². The first-order valence-electron chi connectivity index (χ1n) is 10.0. The van der Waals surface area contributed by atoms with Crippen molar-refractivity contribution < 1.29 is 19.0 Å². The Hall–Kier alpha value is -2.53. The molecule has 1 amide bonds. The summed E-state index contributed by atoms with van der Waals surface area (Å²) in [6, 6.07) is 15.3. The van der Waals surface area contributed by atoms with Gasteiger partial charge in [0.05, 0.1) is 6.10 Å². The Morgan fingerprint density at radius 2 is 2.07 bits per heavy atom. The fourth-order valence-corrected chi connectivity index (χ4v) is 3.21. The van der Waals surface area contributed by atoms with Gasteiger partial charge in [-0.2, -0.15) is 0 Å². The van der Waals surface area contributed by atoms with E-state index in [-0.39, 0.29) is 18.6 Å². The van der Waals surface area contributed by atoms with Crippen LogP contribution in [0.4, 0.5) is 5.69 Å². The van der Waals surface area contributed by atoms with E-state index >= 15 is 0 Å². The predicted octanol–water partition coefficient (Wildman–Crippen LogP) is 4.78. The summed E-state index contributed by atoms with van der Waals surface area (Å²) in [7, 11) is 0. The van der Waals surface area contributed by atoms with Gasteiger partial charge < -0.3 is 19.5 Å². The fourth-order valence-electron chi connectivity index (χ4n) is 3.21. The topological polar surface area (TPSA) is 56.8 Å². The SMILES string of the molecule is CCC(C)c1ccccc1OCC(=O)Nc1cccc(OCC2CCCO2)c1. The van der Waals surface area contributed by atoms with E-state index in [1.165, 1.54) is 0 Å². The van der Waals surface area contributed by atoms with E-state index in [1.807, 2.05) is 42.5 Å². The number of carbonyl (C=O) groups is 1. The number of para-hydroxylation sites is 1. The Morgan fingerprint density at radius 3 is 2.86 bits per heavy atom. The van der Waals surface area contributed by atoms with Crippen LogP contribution in [0.3, 0.4) is 0 Å². The van der Waals surface area contributed by atoms with Gasteiger partial charge in [0.1, 0.15) is 18.1 Å². The average molecular weight is 383 g/mol. The number of carbonyl (C=O) groups excluding carboxylic acids is 1. The second kappa shape index (κ2) is 10.1. The van der Waals surface area contributed by atoms with Crippen LogP contribution < -0.4 is 14.8 Å². The summed E-state index contributed by atoms with van der Waals surface area (Å²) < 4.78 is 17.1. The standard InChI is InChI=1S/C23H29NO4/c1-3-17(2)21-11-4-5-12-22(21)28-16-23(25)24-18-8-6-9-19(14-18)27-15-20-10-7-13-26-20/h4-6,8-9,11-12,14,17,20H,3,7,10,13,15-16H2,1-2H3,(H,24,25). The molecule has 28 heavy (non-hydrogen) atoms. The molecule has 1 aliphatic heterocycles. The van der Waals surface area contributed by atoms with Gasteiger partial charge in [-0.25, -0.2) is 0 Å². The summed E-state index contributed by atoms with van der Waals surface area (Å²) in [5.74, 6) is 1.67. The molecule has 1 N–H and O–H groups in total. The summed E-state index contributed by atoms with van der Waals surface area (Å²) in [6.07, 6.45) is 3.30. The van der Waals surface area contributed by atoms with E-state index in [1.54, 1.807) is 0 Å². The zero-order valence-electron chi connectivity index (χ0n) is 16.6. The van der Waals surface area contributed by atoms with Crippen LogP contribution in [-0.4, -0.2) is 31.8 Å². The van der Waals surface area contributed by atoms with Crippen LogP contribution in [0.5, 0.6) is 11.5 Å². The molecule has 1 fully saturated rings. The van der Waals surface area contributed by atoms with Crippen molar-refractivity contribution in [1.82, 2.24) is 0 Å². The fraction of sp³-hybridized carbons (Fsp3) is 0.435. The molecule has 2 aromatic rings. The lowest BCUT2D eigenvalue weighted by molar-refractivity contribution is -0.118. The molecule has 2 atom stereocenters. The zero-order valence-corrected chi connectivity index (χ0v) is 16.6. The molecule has 5 nitrogen and oxygen atoms in total. The van der Waals surface area contributed by atoms with Gasteiger partial charge in [0.2, 0.25) is 0 Å². The summed E-state index contributed by atoms with van der Waals surface area (Å²) in [4.78, 5) is 12.3. The van der Waals surface area contributed by atoms with Crippen LogP contribution in [0.2, 0.25) is 0 Å². The van der Waals surface area contributed by atoms with Crippen molar-refractivity contribution in [2.45, 2.75) is 45.1 Å². The molecule has 1 heterocycles. The Labute approximate surface area is 167 Å².